The van der Waals surface area contributed by atoms with E-state index in [1.165, 1.54) is 4.90 Å². The van der Waals surface area contributed by atoms with E-state index in [4.69, 9.17) is 5.73 Å². The highest BCUT2D eigenvalue weighted by atomic mass is 16.2. The van der Waals surface area contributed by atoms with Crippen molar-refractivity contribution in [2.75, 3.05) is 4.90 Å². The molecule has 1 spiro atoms. The van der Waals surface area contributed by atoms with Crippen LogP contribution in [0.5, 0.6) is 0 Å². The lowest BCUT2D eigenvalue weighted by atomic mass is 9.76. The topological polar surface area (TPSA) is 63.4 Å². The van der Waals surface area contributed by atoms with Gasteiger partial charge in [-0.2, -0.15) is 0 Å². The summed E-state index contributed by atoms with van der Waals surface area (Å²) < 4.78 is 0. The molecule has 1 aliphatic carbocycles. The molecule has 1 aromatic carbocycles. The molecular weight excluding hydrogens is 252 g/mol. The van der Waals surface area contributed by atoms with Gasteiger partial charge >= 0.3 is 0 Å². The SMILES string of the molecule is NCc1cccc(N2C(=O)CC3(CCCC3)CC2=O)c1. The van der Waals surface area contributed by atoms with Crippen LogP contribution in [0.2, 0.25) is 0 Å². The molecule has 2 fully saturated rings. The van der Waals surface area contributed by atoms with Gasteiger partial charge in [-0.25, -0.2) is 0 Å². The van der Waals surface area contributed by atoms with Gasteiger partial charge in [-0.05, 0) is 36.0 Å². The molecule has 4 heteroatoms. The van der Waals surface area contributed by atoms with E-state index in [1.807, 2.05) is 24.3 Å². The number of hydrogen-bond acceptors (Lipinski definition) is 3. The van der Waals surface area contributed by atoms with E-state index in [1.54, 1.807) is 0 Å². The Bertz CT molecular complexity index is 527. The molecule has 0 aromatic heterocycles. The molecular formula is C16H20N2O2. The van der Waals surface area contributed by atoms with Crippen LogP contribution in [0, 0.1) is 5.41 Å². The fourth-order valence-electron chi connectivity index (χ4n) is 3.59. The molecule has 106 valence electrons. The van der Waals surface area contributed by atoms with Crippen LogP contribution in [-0.2, 0) is 16.1 Å². The highest BCUT2D eigenvalue weighted by molar-refractivity contribution is 6.17. The monoisotopic (exact) mass is 272 g/mol. The predicted molar refractivity (Wildman–Crippen MR) is 77.0 cm³/mol. The van der Waals surface area contributed by atoms with Crippen LogP contribution >= 0.6 is 0 Å². The molecule has 1 saturated carbocycles. The summed E-state index contributed by atoms with van der Waals surface area (Å²) in [6.07, 6.45) is 5.33. The molecule has 0 unspecified atom stereocenters. The van der Waals surface area contributed by atoms with Crippen molar-refractivity contribution in [3.05, 3.63) is 29.8 Å². The van der Waals surface area contributed by atoms with Crippen molar-refractivity contribution in [3.8, 4) is 0 Å². The third kappa shape index (κ3) is 2.24. The second kappa shape index (κ2) is 5.02. The Morgan fingerprint density at radius 1 is 1.10 bits per heavy atom. The van der Waals surface area contributed by atoms with Gasteiger partial charge in [0, 0.05) is 19.4 Å². The zero-order valence-corrected chi connectivity index (χ0v) is 11.6. The maximum absolute atomic E-state index is 12.4. The number of nitrogens with zero attached hydrogens (tertiary/aromatic N) is 1. The smallest absolute Gasteiger partial charge is 0.234 e. The van der Waals surface area contributed by atoms with Gasteiger partial charge in [-0.1, -0.05) is 25.0 Å². The van der Waals surface area contributed by atoms with E-state index in [0.29, 0.717) is 25.1 Å². The lowest BCUT2D eigenvalue weighted by Gasteiger charge is -2.37. The highest BCUT2D eigenvalue weighted by Gasteiger charge is 2.45. The fourth-order valence-corrected chi connectivity index (χ4v) is 3.59. The maximum atomic E-state index is 12.4. The van der Waals surface area contributed by atoms with Crippen molar-refractivity contribution in [3.63, 3.8) is 0 Å². The van der Waals surface area contributed by atoms with Crippen LogP contribution in [0.15, 0.2) is 24.3 Å². The summed E-state index contributed by atoms with van der Waals surface area (Å²) in [4.78, 5) is 26.2. The second-order valence-corrected chi connectivity index (χ2v) is 6.06. The van der Waals surface area contributed by atoms with Gasteiger partial charge in [0.1, 0.15) is 0 Å². The second-order valence-electron chi connectivity index (χ2n) is 6.06. The van der Waals surface area contributed by atoms with Gasteiger partial charge < -0.3 is 5.73 Å². The molecule has 2 amide bonds. The Balaban J connectivity index is 1.87. The zero-order valence-electron chi connectivity index (χ0n) is 11.6. The van der Waals surface area contributed by atoms with E-state index in [-0.39, 0.29) is 17.2 Å². The third-order valence-corrected chi connectivity index (χ3v) is 4.62. The summed E-state index contributed by atoms with van der Waals surface area (Å²) in [5.74, 6) is -0.116. The van der Waals surface area contributed by atoms with Gasteiger partial charge in [0.05, 0.1) is 5.69 Å². The van der Waals surface area contributed by atoms with Crippen molar-refractivity contribution in [1.82, 2.24) is 0 Å². The minimum Gasteiger partial charge on any atom is -0.326 e. The number of carbonyl (C=O) groups is 2. The first-order chi connectivity index (χ1) is 9.63. The molecule has 4 nitrogen and oxygen atoms in total. The van der Waals surface area contributed by atoms with E-state index in [0.717, 1.165) is 31.2 Å². The Labute approximate surface area is 118 Å². The van der Waals surface area contributed by atoms with Crippen LogP contribution in [0.1, 0.15) is 44.1 Å². The molecule has 0 radical (unpaired) electrons. The number of hydrogen-bond donors (Lipinski definition) is 1. The van der Waals surface area contributed by atoms with Crippen molar-refractivity contribution in [1.29, 1.82) is 0 Å². The fraction of sp³-hybridized carbons (Fsp3) is 0.500. The molecule has 2 aliphatic rings. The lowest BCUT2D eigenvalue weighted by Crippen LogP contribution is -2.47. The lowest BCUT2D eigenvalue weighted by molar-refractivity contribution is -0.133. The van der Waals surface area contributed by atoms with E-state index in [9.17, 15) is 9.59 Å². The number of amides is 2. The van der Waals surface area contributed by atoms with Crippen molar-refractivity contribution in [2.45, 2.75) is 45.1 Å². The first kappa shape index (κ1) is 13.3. The average Bonchev–Trinajstić information content (AvgIpc) is 2.86. The highest BCUT2D eigenvalue weighted by Crippen LogP contribution is 2.47. The summed E-state index contributed by atoms with van der Waals surface area (Å²) in [6.45, 7) is 0.411. The largest absolute Gasteiger partial charge is 0.326 e. The summed E-state index contributed by atoms with van der Waals surface area (Å²) in [5, 5.41) is 0. The van der Waals surface area contributed by atoms with Crippen LogP contribution < -0.4 is 10.6 Å². The first-order valence-electron chi connectivity index (χ1n) is 7.28. The molecule has 1 aliphatic heterocycles. The normalized spacial score (nSPS) is 21.8. The zero-order chi connectivity index (χ0) is 14.2. The van der Waals surface area contributed by atoms with E-state index < -0.39 is 0 Å². The van der Waals surface area contributed by atoms with Crippen molar-refractivity contribution >= 4 is 17.5 Å². The summed E-state index contributed by atoms with van der Waals surface area (Å²) in [6, 6.07) is 7.39. The molecule has 1 saturated heterocycles. The molecule has 3 rings (SSSR count). The van der Waals surface area contributed by atoms with Crippen molar-refractivity contribution < 1.29 is 9.59 Å². The Kier molecular flexibility index (Phi) is 3.34. The Morgan fingerprint density at radius 3 is 2.35 bits per heavy atom. The van der Waals surface area contributed by atoms with Crippen LogP contribution in [-0.4, -0.2) is 11.8 Å². The summed E-state index contributed by atoms with van der Waals surface area (Å²) in [7, 11) is 0. The van der Waals surface area contributed by atoms with Gasteiger partial charge in [0.25, 0.3) is 0 Å². The number of carbonyl (C=O) groups excluding carboxylic acids is 2. The van der Waals surface area contributed by atoms with E-state index in [2.05, 4.69) is 0 Å². The Morgan fingerprint density at radius 2 is 1.75 bits per heavy atom. The summed E-state index contributed by atoms with van der Waals surface area (Å²) >= 11 is 0. The number of rotatable bonds is 2. The molecule has 1 heterocycles. The number of benzene rings is 1. The summed E-state index contributed by atoms with van der Waals surface area (Å²) in [5.41, 5.74) is 7.18. The molecule has 20 heavy (non-hydrogen) atoms. The number of imide groups is 1. The molecule has 0 bridgehead atoms. The van der Waals surface area contributed by atoms with E-state index >= 15 is 0 Å². The molecule has 0 atom stereocenters. The van der Waals surface area contributed by atoms with Crippen LogP contribution in [0.3, 0.4) is 0 Å². The third-order valence-electron chi connectivity index (χ3n) is 4.62. The standard InChI is InChI=1S/C16H20N2O2/c17-11-12-4-3-5-13(8-12)18-14(19)9-16(10-15(18)20)6-1-2-7-16/h3-5,8H,1-2,6-7,9-11,17H2. The van der Waals surface area contributed by atoms with Gasteiger partial charge in [-0.3, -0.25) is 14.5 Å². The average molecular weight is 272 g/mol. The number of anilines is 1. The number of piperidine rings is 1. The van der Waals surface area contributed by atoms with Crippen LogP contribution in [0.25, 0.3) is 0 Å². The molecule has 1 aromatic rings. The van der Waals surface area contributed by atoms with Crippen LogP contribution in [0.4, 0.5) is 5.69 Å². The van der Waals surface area contributed by atoms with Gasteiger partial charge in [-0.15, -0.1) is 0 Å². The minimum atomic E-state index is -0.0580. The quantitative estimate of drug-likeness (QED) is 0.841. The predicted octanol–water partition coefficient (Wildman–Crippen LogP) is 2.36. The molecule has 2 N–H and O–H groups in total. The maximum Gasteiger partial charge on any atom is 0.234 e. The van der Waals surface area contributed by atoms with Gasteiger partial charge in [0.2, 0.25) is 11.8 Å². The first-order valence-corrected chi connectivity index (χ1v) is 7.28. The minimum absolute atomic E-state index is 0.0455. The van der Waals surface area contributed by atoms with Crippen molar-refractivity contribution in [2.24, 2.45) is 11.1 Å². The number of nitrogens with two attached hydrogens (primary N) is 1. The van der Waals surface area contributed by atoms with Gasteiger partial charge in [0.15, 0.2) is 0 Å². The Hall–Kier alpha value is -1.68.